The van der Waals surface area contributed by atoms with Crippen LogP contribution in [0.3, 0.4) is 0 Å². The molecule has 1 aromatic carbocycles. The monoisotopic (exact) mass is 230 g/mol. The van der Waals surface area contributed by atoms with E-state index in [0.29, 0.717) is 13.2 Å². The summed E-state index contributed by atoms with van der Waals surface area (Å²) in [7, 11) is 1.91. The molecule has 1 aliphatic rings. The first-order valence-corrected chi connectivity index (χ1v) is 5.70. The summed E-state index contributed by atoms with van der Waals surface area (Å²) in [5, 5.41) is 4.99. The van der Waals surface area contributed by atoms with Crippen LogP contribution in [0, 0.1) is 0 Å². The van der Waals surface area contributed by atoms with Crippen molar-refractivity contribution >= 4 is 10.8 Å². The van der Waals surface area contributed by atoms with E-state index >= 15 is 0 Å². The summed E-state index contributed by atoms with van der Waals surface area (Å²) < 4.78 is 5.47. The van der Waals surface area contributed by atoms with Crippen molar-refractivity contribution in [3.05, 3.63) is 45.9 Å². The number of H-pyrrole nitrogens is 1. The number of benzene rings is 1. The van der Waals surface area contributed by atoms with Gasteiger partial charge in [0.25, 0.3) is 5.56 Å². The zero-order chi connectivity index (χ0) is 11.8. The number of hydrogen-bond acceptors (Lipinski definition) is 3. The lowest BCUT2D eigenvalue weighted by Gasteiger charge is -2.26. The van der Waals surface area contributed by atoms with E-state index in [9.17, 15) is 4.79 Å². The smallest absolute Gasteiger partial charge is 0.256 e. The molecule has 0 fully saturated rings. The zero-order valence-electron chi connectivity index (χ0n) is 9.62. The predicted octanol–water partition coefficient (Wildman–Crippen LogP) is 1.32. The fraction of sp³-hybridized carbons (Fsp3) is 0.308. The van der Waals surface area contributed by atoms with Gasteiger partial charge in [0.15, 0.2) is 0 Å². The van der Waals surface area contributed by atoms with Crippen molar-refractivity contribution in [3.8, 4) is 0 Å². The number of aromatic amines is 1. The van der Waals surface area contributed by atoms with Crippen molar-refractivity contribution in [2.24, 2.45) is 0 Å². The minimum atomic E-state index is -0.0419. The SMILES string of the molecule is CN[C@H]1COCc2[nH]c(=O)c3ccccc3c21. The highest BCUT2D eigenvalue weighted by atomic mass is 16.5. The molecule has 0 amide bonds. The molecule has 2 aromatic rings. The first-order chi connectivity index (χ1) is 8.31. The van der Waals surface area contributed by atoms with Crippen LogP contribution in [0.5, 0.6) is 0 Å². The molecule has 4 nitrogen and oxygen atoms in total. The molecule has 0 bridgehead atoms. The number of nitrogens with one attached hydrogen (secondary N) is 2. The third-order valence-corrected chi connectivity index (χ3v) is 3.28. The van der Waals surface area contributed by atoms with Crippen molar-refractivity contribution < 1.29 is 4.74 Å². The topological polar surface area (TPSA) is 54.1 Å². The first kappa shape index (κ1) is 10.5. The van der Waals surface area contributed by atoms with Crippen LogP contribution < -0.4 is 10.9 Å². The standard InChI is InChI=1S/C13H14N2O2/c1-14-10-6-17-7-11-12(10)8-4-2-3-5-9(8)13(16)15-11/h2-5,10,14H,6-7H2,1H3,(H,15,16)/t10-/m0/s1. The molecule has 4 heteroatoms. The fourth-order valence-corrected chi connectivity index (χ4v) is 2.45. The van der Waals surface area contributed by atoms with Gasteiger partial charge in [-0.3, -0.25) is 4.79 Å². The number of ether oxygens (including phenoxy) is 1. The molecule has 0 unspecified atom stereocenters. The molecular formula is C13H14N2O2. The average Bonchev–Trinajstić information content (AvgIpc) is 2.38. The van der Waals surface area contributed by atoms with Gasteiger partial charge in [-0.05, 0) is 18.5 Å². The van der Waals surface area contributed by atoms with E-state index in [-0.39, 0.29) is 11.6 Å². The van der Waals surface area contributed by atoms with Crippen LogP contribution in [0.4, 0.5) is 0 Å². The van der Waals surface area contributed by atoms with Crippen LogP contribution in [-0.4, -0.2) is 18.6 Å². The first-order valence-electron chi connectivity index (χ1n) is 5.70. The Kier molecular flexibility index (Phi) is 2.46. The third kappa shape index (κ3) is 1.57. The van der Waals surface area contributed by atoms with Crippen molar-refractivity contribution in [1.29, 1.82) is 0 Å². The van der Waals surface area contributed by atoms with Gasteiger partial charge in [-0.25, -0.2) is 0 Å². The Balaban J connectivity index is 2.39. The highest BCUT2D eigenvalue weighted by Crippen LogP contribution is 2.28. The van der Waals surface area contributed by atoms with E-state index in [0.717, 1.165) is 22.0 Å². The van der Waals surface area contributed by atoms with Gasteiger partial charge in [0, 0.05) is 16.6 Å². The van der Waals surface area contributed by atoms with Crippen molar-refractivity contribution in [2.75, 3.05) is 13.7 Å². The normalized spacial score (nSPS) is 19.2. The Morgan fingerprint density at radius 3 is 2.88 bits per heavy atom. The molecule has 3 rings (SSSR count). The van der Waals surface area contributed by atoms with E-state index in [2.05, 4.69) is 10.3 Å². The van der Waals surface area contributed by atoms with Crippen LogP contribution in [0.15, 0.2) is 29.1 Å². The number of pyridine rings is 1. The fourth-order valence-electron chi connectivity index (χ4n) is 2.45. The third-order valence-electron chi connectivity index (χ3n) is 3.28. The Morgan fingerprint density at radius 2 is 2.12 bits per heavy atom. The largest absolute Gasteiger partial charge is 0.373 e. The summed E-state index contributed by atoms with van der Waals surface area (Å²) in [5.41, 5.74) is 2.01. The van der Waals surface area contributed by atoms with Gasteiger partial charge >= 0.3 is 0 Å². The Hall–Kier alpha value is -1.65. The van der Waals surface area contributed by atoms with Crippen molar-refractivity contribution in [3.63, 3.8) is 0 Å². The molecule has 1 atom stereocenters. The molecule has 2 N–H and O–H groups in total. The molecule has 0 aliphatic carbocycles. The lowest BCUT2D eigenvalue weighted by molar-refractivity contribution is 0.0819. The molecule has 88 valence electrons. The van der Waals surface area contributed by atoms with Gasteiger partial charge in [0.05, 0.1) is 19.3 Å². The van der Waals surface area contributed by atoms with Crippen molar-refractivity contribution in [1.82, 2.24) is 10.3 Å². The lowest BCUT2D eigenvalue weighted by atomic mass is 9.97. The highest BCUT2D eigenvalue weighted by Gasteiger charge is 2.23. The van der Waals surface area contributed by atoms with Crippen LogP contribution in [0.1, 0.15) is 17.3 Å². The Morgan fingerprint density at radius 1 is 1.35 bits per heavy atom. The molecule has 17 heavy (non-hydrogen) atoms. The second-order valence-electron chi connectivity index (χ2n) is 4.25. The molecule has 0 spiro atoms. The molecular weight excluding hydrogens is 216 g/mol. The number of rotatable bonds is 1. The summed E-state index contributed by atoms with van der Waals surface area (Å²) >= 11 is 0. The summed E-state index contributed by atoms with van der Waals surface area (Å²) in [4.78, 5) is 14.8. The van der Waals surface area contributed by atoms with E-state index in [4.69, 9.17) is 4.74 Å². The summed E-state index contributed by atoms with van der Waals surface area (Å²) in [6, 6.07) is 7.85. The lowest BCUT2D eigenvalue weighted by Crippen LogP contribution is -2.29. The van der Waals surface area contributed by atoms with Crippen LogP contribution in [0.2, 0.25) is 0 Å². The Bertz CT molecular complexity index is 618. The number of aromatic nitrogens is 1. The molecule has 1 aliphatic heterocycles. The average molecular weight is 230 g/mol. The quantitative estimate of drug-likeness (QED) is 0.776. The van der Waals surface area contributed by atoms with Gasteiger partial charge in [-0.1, -0.05) is 18.2 Å². The maximum absolute atomic E-state index is 11.9. The molecule has 0 radical (unpaired) electrons. The zero-order valence-corrected chi connectivity index (χ0v) is 9.62. The Labute approximate surface area is 98.6 Å². The summed E-state index contributed by atoms with van der Waals surface area (Å²) in [6.45, 7) is 1.12. The maximum atomic E-state index is 11.9. The van der Waals surface area contributed by atoms with Gasteiger partial charge in [0.2, 0.25) is 0 Å². The van der Waals surface area contributed by atoms with Gasteiger partial charge in [-0.2, -0.15) is 0 Å². The minimum absolute atomic E-state index is 0.0419. The van der Waals surface area contributed by atoms with E-state index in [1.165, 1.54) is 0 Å². The summed E-state index contributed by atoms with van der Waals surface area (Å²) in [5.74, 6) is 0. The number of likely N-dealkylation sites (N-methyl/N-ethyl adjacent to an activating group) is 1. The van der Waals surface area contributed by atoms with Gasteiger partial charge in [-0.15, -0.1) is 0 Å². The van der Waals surface area contributed by atoms with E-state index in [1.807, 2.05) is 31.3 Å². The van der Waals surface area contributed by atoms with Gasteiger partial charge in [0.1, 0.15) is 0 Å². The van der Waals surface area contributed by atoms with E-state index < -0.39 is 0 Å². The van der Waals surface area contributed by atoms with Crippen LogP contribution in [-0.2, 0) is 11.3 Å². The van der Waals surface area contributed by atoms with Crippen molar-refractivity contribution in [2.45, 2.75) is 12.6 Å². The van der Waals surface area contributed by atoms with Crippen LogP contribution in [0.25, 0.3) is 10.8 Å². The summed E-state index contributed by atoms with van der Waals surface area (Å²) in [6.07, 6.45) is 0. The minimum Gasteiger partial charge on any atom is -0.373 e. The second-order valence-corrected chi connectivity index (χ2v) is 4.25. The molecule has 0 saturated carbocycles. The van der Waals surface area contributed by atoms with E-state index in [1.54, 1.807) is 0 Å². The highest BCUT2D eigenvalue weighted by molar-refractivity contribution is 5.86. The second kappa shape index (κ2) is 3.98. The molecule has 1 aromatic heterocycles. The maximum Gasteiger partial charge on any atom is 0.256 e. The molecule has 2 heterocycles. The number of hydrogen-bond donors (Lipinski definition) is 2. The van der Waals surface area contributed by atoms with Gasteiger partial charge < -0.3 is 15.0 Å². The van der Waals surface area contributed by atoms with Crippen LogP contribution >= 0.6 is 0 Å². The number of fused-ring (bicyclic) bond motifs is 3. The predicted molar refractivity (Wildman–Crippen MR) is 66.0 cm³/mol. The molecule has 0 saturated heterocycles.